The molecule has 6 rings (SSSR count). The Hall–Kier alpha value is -3.95. The van der Waals surface area contributed by atoms with Gasteiger partial charge in [0, 0.05) is 30.3 Å². The van der Waals surface area contributed by atoms with Crippen molar-refractivity contribution in [2.45, 2.75) is 91.0 Å². The number of H-pyrrole nitrogens is 1. The van der Waals surface area contributed by atoms with Gasteiger partial charge in [-0.05, 0) is 91.8 Å². The van der Waals surface area contributed by atoms with Crippen molar-refractivity contribution in [2.24, 2.45) is 7.05 Å². The van der Waals surface area contributed by atoms with E-state index in [9.17, 15) is 9.18 Å². The minimum atomic E-state index is -2.02. The van der Waals surface area contributed by atoms with Gasteiger partial charge < -0.3 is 23.1 Å². The lowest BCUT2D eigenvalue weighted by atomic mass is 10.0. The van der Waals surface area contributed by atoms with Crippen LogP contribution in [0.5, 0.6) is 11.5 Å². The van der Waals surface area contributed by atoms with Crippen molar-refractivity contribution in [3.63, 3.8) is 0 Å². The molecule has 242 valence electrons. The van der Waals surface area contributed by atoms with Gasteiger partial charge in [-0.15, -0.1) is 0 Å². The lowest BCUT2D eigenvalue weighted by Crippen LogP contribution is -2.40. The topological polar surface area (TPSA) is 82.3 Å². The Bertz CT molecular complexity index is 1950. The molecular formula is C37H44FN3O4Si. The number of hydrogen-bond acceptors (Lipinski definition) is 5. The Kier molecular flexibility index (Phi) is 8.35. The molecule has 3 aromatic heterocycles. The van der Waals surface area contributed by atoms with Crippen LogP contribution in [-0.2, 0) is 18.1 Å². The summed E-state index contributed by atoms with van der Waals surface area (Å²) in [6.45, 7) is 15.2. The number of aromatic nitrogens is 3. The Morgan fingerprint density at radius 2 is 1.76 bits per heavy atom. The van der Waals surface area contributed by atoms with Gasteiger partial charge in [-0.3, -0.25) is 4.79 Å². The summed E-state index contributed by atoms with van der Waals surface area (Å²) in [7, 11) is -0.280. The summed E-state index contributed by atoms with van der Waals surface area (Å²) < 4.78 is 35.4. The number of ether oxygens (including phenoxy) is 1. The van der Waals surface area contributed by atoms with Gasteiger partial charge in [0.1, 0.15) is 34.4 Å². The molecule has 7 nitrogen and oxygen atoms in total. The third kappa shape index (κ3) is 6.10. The van der Waals surface area contributed by atoms with E-state index in [0.29, 0.717) is 57.4 Å². The second-order valence-corrected chi connectivity index (χ2v) is 19.1. The molecule has 5 aromatic rings. The number of nitrogens with one attached hydrogen (secondary N) is 1. The van der Waals surface area contributed by atoms with E-state index in [-0.39, 0.29) is 16.4 Å². The number of aromatic amines is 1. The van der Waals surface area contributed by atoms with Crippen molar-refractivity contribution in [3.8, 4) is 34.1 Å². The lowest BCUT2D eigenvalue weighted by Gasteiger charge is -2.36. The van der Waals surface area contributed by atoms with E-state index in [1.807, 2.05) is 32.0 Å². The van der Waals surface area contributed by atoms with Crippen molar-refractivity contribution >= 4 is 19.3 Å². The summed E-state index contributed by atoms with van der Waals surface area (Å²) >= 11 is 0. The summed E-state index contributed by atoms with van der Waals surface area (Å²) in [5.74, 6) is 2.80. The van der Waals surface area contributed by atoms with Gasteiger partial charge in [0.05, 0.1) is 18.2 Å². The average Bonchev–Trinajstić information content (AvgIpc) is 3.76. The van der Waals surface area contributed by atoms with Crippen LogP contribution in [0.2, 0.25) is 18.1 Å². The number of nitrogens with zero attached hydrogens (tertiary/aromatic N) is 2. The molecule has 0 spiro atoms. The molecule has 1 aliphatic rings. The maximum absolute atomic E-state index is 14.2. The third-order valence-electron chi connectivity index (χ3n) is 9.83. The zero-order chi connectivity index (χ0) is 33.0. The van der Waals surface area contributed by atoms with Gasteiger partial charge in [0.15, 0.2) is 14.1 Å². The first-order chi connectivity index (χ1) is 21.7. The molecule has 9 heteroatoms. The van der Waals surface area contributed by atoms with Gasteiger partial charge in [-0.25, -0.2) is 9.37 Å². The Morgan fingerprint density at radius 3 is 2.43 bits per heavy atom. The van der Waals surface area contributed by atoms with Crippen molar-refractivity contribution < 1.29 is 18.0 Å². The van der Waals surface area contributed by atoms with Crippen LogP contribution < -0.4 is 10.3 Å². The van der Waals surface area contributed by atoms with Crippen LogP contribution in [0.1, 0.15) is 74.9 Å². The van der Waals surface area contributed by atoms with Crippen LogP contribution in [0.4, 0.5) is 4.39 Å². The highest BCUT2D eigenvalue weighted by molar-refractivity contribution is 6.74. The van der Waals surface area contributed by atoms with Crippen LogP contribution in [0, 0.1) is 19.7 Å². The minimum absolute atomic E-state index is 0.0647. The van der Waals surface area contributed by atoms with E-state index in [4.69, 9.17) is 13.6 Å². The Morgan fingerprint density at radius 1 is 1.07 bits per heavy atom. The first kappa shape index (κ1) is 32.0. The fourth-order valence-corrected chi connectivity index (χ4v) is 7.02. The molecule has 3 heterocycles. The first-order valence-electron chi connectivity index (χ1n) is 16.1. The number of aryl methyl sites for hydroxylation is 3. The number of hydrogen-bond donors (Lipinski definition) is 1. The molecule has 0 amide bonds. The number of furan rings is 1. The van der Waals surface area contributed by atoms with Crippen molar-refractivity contribution in [1.29, 1.82) is 0 Å². The summed E-state index contributed by atoms with van der Waals surface area (Å²) in [5.41, 5.74) is 4.87. The molecule has 1 aliphatic carbocycles. The molecule has 0 aliphatic heterocycles. The van der Waals surface area contributed by atoms with Gasteiger partial charge in [-0.1, -0.05) is 39.7 Å². The fourth-order valence-electron chi connectivity index (χ4n) is 6.06. The second kappa shape index (κ2) is 12.0. The molecule has 0 unspecified atom stereocenters. The van der Waals surface area contributed by atoms with Crippen LogP contribution in [0.15, 0.2) is 58.0 Å². The lowest BCUT2D eigenvalue weighted by molar-refractivity contribution is 0.276. The summed E-state index contributed by atoms with van der Waals surface area (Å²) in [6, 6.07) is 10.7. The molecule has 1 fully saturated rings. The van der Waals surface area contributed by atoms with Gasteiger partial charge in [0.25, 0.3) is 5.56 Å². The first-order valence-corrected chi connectivity index (χ1v) is 19.0. The number of benzene rings is 2. The largest absolute Gasteiger partial charge is 0.456 e. The predicted molar refractivity (Wildman–Crippen MR) is 184 cm³/mol. The number of fused-ring (bicyclic) bond motifs is 1. The van der Waals surface area contributed by atoms with Crippen molar-refractivity contribution in [3.05, 3.63) is 87.5 Å². The molecule has 1 N–H and O–H groups in total. The highest BCUT2D eigenvalue weighted by Crippen LogP contribution is 2.42. The smallest absolute Gasteiger partial charge is 0.261 e. The van der Waals surface area contributed by atoms with E-state index < -0.39 is 8.32 Å². The SMILES string of the molecule is Cc1cc(F)cc(C)c1Oc1ccc(CO[Si](C)(C)C(C)(C)C)cc1-c1cn(C)c(=O)c2cc(-c3cnc(C4CCCC4)[nH]3)oc12. The second-order valence-electron chi connectivity index (χ2n) is 14.3. The van der Waals surface area contributed by atoms with Crippen LogP contribution in [-0.4, -0.2) is 22.9 Å². The summed E-state index contributed by atoms with van der Waals surface area (Å²) in [4.78, 5) is 21.6. The average molecular weight is 642 g/mol. The van der Waals surface area contributed by atoms with E-state index in [1.165, 1.54) is 25.0 Å². The van der Waals surface area contributed by atoms with Crippen molar-refractivity contribution in [2.75, 3.05) is 0 Å². The van der Waals surface area contributed by atoms with Gasteiger partial charge in [-0.2, -0.15) is 0 Å². The van der Waals surface area contributed by atoms with E-state index in [1.54, 1.807) is 30.1 Å². The molecule has 2 aromatic carbocycles. The van der Waals surface area contributed by atoms with E-state index >= 15 is 0 Å². The molecular weight excluding hydrogens is 598 g/mol. The molecule has 46 heavy (non-hydrogen) atoms. The predicted octanol–water partition coefficient (Wildman–Crippen LogP) is 9.92. The van der Waals surface area contributed by atoms with Gasteiger partial charge >= 0.3 is 0 Å². The van der Waals surface area contributed by atoms with Gasteiger partial charge in [0.2, 0.25) is 0 Å². The molecule has 1 saturated carbocycles. The summed E-state index contributed by atoms with van der Waals surface area (Å²) in [6.07, 6.45) is 8.27. The van der Waals surface area contributed by atoms with Crippen LogP contribution in [0.3, 0.4) is 0 Å². The zero-order valence-electron chi connectivity index (χ0n) is 28.1. The van der Waals surface area contributed by atoms with Crippen LogP contribution >= 0.6 is 0 Å². The van der Waals surface area contributed by atoms with E-state index in [0.717, 1.165) is 35.5 Å². The monoisotopic (exact) mass is 641 g/mol. The Labute approximate surface area is 270 Å². The quantitative estimate of drug-likeness (QED) is 0.171. The third-order valence-corrected chi connectivity index (χ3v) is 14.3. The highest BCUT2D eigenvalue weighted by atomic mass is 28.4. The number of pyridine rings is 1. The molecule has 0 saturated heterocycles. The molecule has 0 radical (unpaired) electrons. The summed E-state index contributed by atoms with van der Waals surface area (Å²) in [5, 5.41) is 0.532. The number of rotatable bonds is 8. The van der Waals surface area contributed by atoms with Crippen molar-refractivity contribution in [1.82, 2.24) is 14.5 Å². The highest BCUT2D eigenvalue weighted by Gasteiger charge is 2.37. The Balaban J connectivity index is 1.48. The van der Waals surface area contributed by atoms with Crippen LogP contribution in [0.25, 0.3) is 33.6 Å². The number of halogens is 1. The fraction of sp³-hybridized carbons (Fsp3) is 0.405. The number of imidazole rings is 1. The maximum Gasteiger partial charge on any atom is 0.261 e. The van der Waals surface area contributed by atoms with E-state index in [2.05, 4.69) is 43.8 Å². The minimum Gasteiger partial charge on any atom is -0.456 e. The normalized spacial score (nSPS) is 14.5. The molecule has 0 bridgehead atoms. The standard InChI is InChI=1S/C37H44FN3O4Si/c1-22-15-26(38)16-23(2)33(22)44-31-14-13-24(21-43-46(7,8)37(3,4)5)17-27(31)29-20-41(6)36(42)28-18-32(45-34(28)29)30-19-39-35(40-30)25-11-9-10-12-25/h13-20,25H,9-12,21H2,1-8H3,(H,39,40). The maximum atomic E-state index is 14.2. The zero-order valence-corrected chi connectivity index (χ0v) is 29.1. The molecule has 0 atom stereocenters.